The van der Waals surface area contributed by atoms with Gasteiger partial charge in [-0.3, -0.25) is 0 Å². The van der Waals surface area contributed by atoms with Crippen molar-refractivity contribution in [2.75, 3.05) is 0 Å². The summed E-state index contributed by atoms with van der Waals surface area (Å²) in [6.07, 6.45) is 6.32. The molecule has 0 saturated heterocycles. The molecule has 1 saturated carbocycles. The summed E-state index contributed by atoms with van der Waals surface area (Å²) in [6.45, 7) is 4.48. The summed E-state index contributed by atoms with van der Waals surface area (Å²) in [5.41, 5.74) is 2.33. The van der Waals surface area contributed by atoms with Gasteiger partial charge in [-0.25, -0.2) is 4.98 Å². The zero-order chi connectivity index (χ0) is 13.8. The van der Waals surface area contributed by atoms with E-state index >= 15 is 0 Å². The van der Waals surface area contributed by atoms with E-state index in [-0.39, 0.29) is 0 Å². The number of imidazole rings is 1. The van der Waals surface area contributed by atoms with E-state index in [1.807, 2.05) is 24.7 Å². The minimum absolute atomic E-state index is 0.564. The van der Waals surface area contributed by atoms with Gasteiger partial charge in [0.1, 0.15) is 12.4 Å². The first-order valence-corrected chi connectivity index (χ1v) is 7.30. The Hall–Kier alpha value is -1.81. The number of aryl methyl sites for hydroxylation is 1. The van der Waals surface area contributed by atoms with E-state index in [1.165, 1.54) is 18.4 Å². The highest BCUT2D eigenvalue weighted by molar-refractivity contribution is 5.33. The lowest BCUT2D eigenvalue weighted by Gasteiger charge is -2.12. The van der Waals surface area contributed by atoms with Crippen LogP contribution in [-0.2, 0) is 19.7 Å². The number of benzene rings is 1. The Balaban J connectivity index is 1.63. The zero-order valence-corrected chi connectivity index (χ0v) is 11.9. The van der Waals surface area contributed by atoms with Gasteiger partial charge in [-0.2, -0.15) is 0 Å². The van der Waals surface area contributed by atoms with Crippen molar-refractivity contribution >= 4 is 0 Å². The molecule has 0 atom stereocenters. The molecule has 1 aromatic carbocycles. The first kappa shape index (κ1) is 13.2. The molecule has 1 heterocycles. The van der Waals surface area contributed by atoms with Crippen molar-refractivity contribution in [1.29, 1.82) is 0 Å². The Morgan fingerprint density at radius 2 is 2.20 bits per heavy atom. The fourth-order valence-corrected chi connectivity index (χ4v) is 2.24. The topological polar surface area (TPSA) is 39.1 Å². The summed E-state index contributed by atoms with van der Waals surface area (Å²) in [6, 6.07) is 8.96. The number of hydrogen-bond acceptors (Lipinski definition) is 3. The van der Waals surface area contributed by atoms with Crippen molar-refractivity contribution in [3.8, 4) is 5.75 Å². The minimum Gasteiger partial charge on any atom is -0.487 e. The predicted molar refractivity (Wildman–Crippen MR) is 78.5 cm³/mol. The van der Waals surface area contributed by atoms with E-state index in [0.717, 1.165) is 24.5 Å². The molecule has 0 aliphatic heterocycles. The Kier molecular flexibility index (Phi) is 4.02. The van der Waals surface area contributed by atoms with E-state index in [4.69, 9.17) is 4.74 Å². The Morgan fingerprint density at radius 1 is 1.35 bits per heavy atom. The third kappa shape index (κ3) is 3.20. The Labute approximate surface area is 119 Å². The fourth-order valence-electron chi connectivity index (χ4n) is 2.24. The van der Waals surface area contributed by atoms with Crippen LogP contribution >= 0.6 is 0 Å². The lowest BCUT2D eigenvalue weighted by atomic mass is 10.2. The van der Waals surface area contributed by atoms with Crippen LogP contribution in [0.2, 0.25) is 0 Å². The van der Waals surface area contributed by atoms with Crippen molar-refractivity contribution in [2.24, 2.45) is 0 Å². The summed E-state index contributed by atoms with van der Waals surface area (Å²) in [4.78, 5) is 4.17. The normalized spacial score (nSPS) is 14.4. The number of ether oxygens (including phenoxy) is 1. The van der Waals surface area contributed by atoms with Gasteiger partial charge in [0.25, 0.3) is 0 Å². The van der Waals surface area contributed by atoms with Crippen LogP contribution in [0.25, 0.3) is 0 Å². The summed E-state index contributed by atoms with van der Waals surface area (Å²) in [7, 11) is 0. The van der Waals surface area contributed by atoms with E-state index in [9.17, 15) is 0 Å². The molecule has 0 radical (unpaired) electrons. The molecule has 1 aliphatic rings. The Bertz CT molecular complexity index is 560. The van der Waals surface area contributed by atoms with Crippen molar-refractivity contribution in [3.63, 3.8) is 0 Å². The highest BCUT2D eigenvalue weighted by Gasteiger charge is 2.20. The number of nitrogens with zero attached hydrogens (tertiary/aromatic N) is 2. The van der Waals surface area contributed by atoms with Crippen LogP contribution in [0.1, 0.15) is 31.0 Å². The Morgan fingerprint density at radius 3 is 3.00 bits per heavy atom. The van der Waals surface area contributed by atoms with Crippen LogP contribution < -0.4 is 10.1 Å². The van der Waals surface area contributed by atoms with Gasteiger partial charge in [0.2, 0.25) is 0 Å². The second-order valence-corrected chi connectivity index (χ2v) is 5.22. The van der Waals surface area contributed by atoms with Crippen LogP contribution in [-0.4, -0.2) is 15.6 Å². The van der Waals surface area contributed by atoms with Crippen molar-refractivity contribution < 1.29 is 4.74 Å². The second-order valence-electron chi connectivity index (χ2n) is 5.22. The molecule has 0 unspecified atom stereocenters. The number of hydrogen-bond donors (Lipinski definition) is 1. The molecule has 4 nitrogen and oxygen atoms in total. The van der Waals surface area contributed by atoms with E-state index < -0.39 is 0 Å². The van der Waals surface area contributed by atoms with Gasteiger partial charge >= 0.3 is 0 Å². The van der Waals surface area contributed by atoms with Crippen LogP contribution in [0, 0.1) is 0 Å². The van der Waals surface area contributed by atoms with Gasteiger partial charge in [-0.15, -0.1) is 0 Å². The largest absolute Gasteiger partial charge is 0.487 e. The minimum atomic E-state index is 0.564. The monoisotopic (exact) mass is 271 g/mol. The van der Waals surface area contributed by atoms with Crippen molar-refractivity contribution in [1.82, 2.24) is 14.9 Å². The molecule has 3 rings (SSSR count). The molecular formula is C16H21N3O. The predicted octanol–water partition coefficient (Wildman–Crippen LogP) is 2.73. The summed E-state index contributed by atoms with van der Waals surface area (Å²) < 4.78 is 8.08. The van der Waals surface area contributed by atoms with Crippen LogP contribution in [0.15, 0.2) is 36.8 Å². The van der Waals surface area contributed by atoms with Gasteiger partial charge in [0.15, 0.2) is 0 Å². The molecule has 1 aromatic heterocycles. The first-order valence-electron chi connectivity index (χ1n) is 7.30. The number of nitrogens with one attached hydrogen (secondary N) is 1. The number of aromatic nitrogens is 2. The average Bonchev–Trinajstić information content (AvgIpc) is 3.20. The van der Waals surface area contributed by atoms with E-state index in [0.29, 0.717) is 12.6 Å². The van der Waals surface area contributed by atoms with Gasteiger partial charge in [-0.05, 0) is 25.8 Å². The second kappa shape index (κ2) is 6.09. The maximum Gasteiger partial charge on any atom is 0.130 e. The molecule has 1 N–H and O–H groups in total. The highest BCUT2D eigenvalue weighted by atomic mass is 16.5. The van der Waals surface area contributed by atoms with Gasteiger partial charge < -0.3 is 14.6 Å². The lowest BCUT2D eigenvalue weighted by molar-refractivity contribution is 0.291. The van der Waals surface area contributed by atoms with Gasteiger partial charge in [0.05, 0.1) is 18.2 Å². The third-order valence-electron chi connectivity index (χ3n) is 3.65. The molecule has 1 aliphatic carbocycles. The van der Waals surface area contributed by atoms with Crippen LogP contribution in [0.4, 0.5) is 0 Å². The van der Waals surface area contributed by atoms with Crippen molar-refractivity contribution in [3.05, 3.63) is 48.0 Å². The summed E-state index contributed by atoms with van der Waals surface area (Å²) in [5, 5.41) is 3.53. The molecule has 106 valence electrons. The fraction of sp³-hybridized carbons (Fsp3) is 0.438. The summed E-state index contributed by atoms with van der Waals surface area (Å²) in [5.74, 6) is 0.963. The average molecular weight is 271 g/mol. The van der Waals surface area contributed by atoms with E-state index in [2.05, 4.69) is 33.9 Å². The molecule has 0 amide bonds. The number of para-hydroxylation sites is 1. The molecule has 20 heavy (non-hydrogen) atoms. The molecule has 0 spiro atoms. The molecule has 2 aromatic rings. The maximum absolute atomic E-state index is 5.98. The SMILES string of the molecule is CCn1cncc1COc1ccccc1CNC1CC1. The highest BCUT2D eigenvalue weighted by Crippen LogP contribution is 2.23. The van der Waals surface area contributed by atoms with Crippen molar-refractivity contribution in [2.45, 2.75) is 45.5 Å². The lowest BCUT2D eigenvalue weighted by Crippen LogP contribution is -2.16. The standard InChI is InChI=1S/C16H21N3O/c1-2-19-12-17-10-15(19)11-20-16-6-4-3-5-13(16)9-18-14-7-8-14/h3-6,10,12,14,18H,2,7-9,11H2,1H3. The molecule has 0 bridgehead atoms. The van der Waals surface area contributed by atoms with Crippen LogP contribution in [0.3, 0.4) is 0 Å². The zero-order valence-electron chi connectivity index (χ0n) is 11.9. The van der Waals surface area contributed by atoms with E-state index in [1.54, 1.807) is 0 Å². The quantitative estimate of drug-likeness (QED) is 0.841. The van der Waals surface area contributed by atoms with Gasteiger partial charge in [-0.1, -0.05) is 18.2 Å². The smallest absolute Gasteiger partial charge is 0.130 e. The first-order chi connectivity index (χ1) is 9.86. The molecule has 1 fully saturated rings. The maximum atomic E-state index is 5.98. The van der Waals surface area contributed by atoms with Crippen LogP contribution in [0.5, 0.6) is 5.75 Å². The number of rotatable bonds is 7. The summed E-state index contributed by atoms with van der Waals surface area (Å²) >= 11 is 0. The van der Waals surface area contributed by atoms with Gasteiger partial charge in [0, 0.05) is 24.7 Å². The third-order valence-corrected chi connectivity index (χ3v) is 3.65. The molecular weight excluding hydrogens is 250 g/mol. The molecule has 4 heteroatoms.